The van der Waals surface area contributed by atoms with Crippen molar-refractivity contribution in [1.29, 1.82) is 5.26 Å². The molecular weight excluding hydrogens is 342 g/mol. The molecule has 1 heterocycles. The maximum Gasteiger partial charge on any atom is 0.258 e. The number of benzene rings is 1. The number of pyridine rings is 1. The summed E-state index contributed by atoms with van der Waals surface area (Å²) >= 11 is 9.14. The highest BCUT2D eigenvalue weighted by Crippen LogP contribution is 2.19. The molecule has 1 amide bonds. The van der Waals surface area contributed by atoms with Crippen LogP contribution in [0.15, 0.2) is 41.0 Å². The molecule has 1 aromatic heterocycles. The molecule has 6 heteroatoms. The second-order valence-corrected chi connectivity index (χ2v) is 5.25. The van der Waals surface area contributed by atoms with Crippen molar-refractivity contribution < 1.29 is 4.79 Å². The number of hydrogen-bond acceptors (Lipinski definition) is 3. The number of anilines is 1. The molecule has 0 fully saturated rings. The zero-order valence-electron chi connectivity index (χ0n) is 10.2. The molecule has 0 aliphatic carbocycles. The number of nitrogens with zero attached hydrogens (tertiary/aromatic N) is 2. The molecule has 0 aliphatic rings. The van der Waals surface area contributed by atoms with Gasteiger partial charge in [-0.1, -0.05) is 23.7 Å². The molecule has 4 nitrogen and oxygen atoms in total. The number of hydrogen-bond donors (Lipinski definition) is 1. The Morgan fingerprint density at radius 2 is 2.10 bits per heavy atom. The van der Waals surface area contributed by atoms with Crippen molar-refractivity contribution in [3.63, 3.8) is 0 Å². The smallest absolute Gasteiger partial charge is 0.258 e. The van der Waals surface area contributed by atoms with Crippen LogP contribution in [0.4, 0.5) is 5.69 Å². The van der Waals surface area contributed by atoms with Gasteiger partial charge in [0.25, 0.3) is 5.91 Å². The van der Waals surface area contributed by atoms with Gasteiger partial charge in [0.05, 0.1) is 18.1 Å². The van der Waals surface area contributed by atoms with Crippen LogP contribution in [0.1, 0.15) is 15.9 Å². The molecule has 100 valence electrons. The summed E-state index contributed by atoms with van der Waals surface area (Å²) in [7, 11) is 0. The Morgan fingerprint density at radius 3 is 2.75 bits per heavy atom. The first-order chi connectivity index (χ1) is 9.60. The molecule has 2 aromatic rings. The summed E-state index contributed by atoms with van der Waals surface area (Å²) in [6, 6.07) is 10.7. The van der Waals surface area contributed by atoms with Gasteiger partial charge in [-0.25, -0.2) is 4.98 Å². The summed E-state index contributed by atoms with van der Waals surface area (Å²) in [6.45, 7) is 0. The van der Waals surface area contributed by atoms with Crippen molar-refractivity contribution in [3.8, 4) is 6.07 Å². The molecule has 0 aliphatic heterocycles. The quantitative estimate of drug-likeness (QED) is 0.856. The van der Waals surface area contributed by atoms with E-state index in [0.717, 1.165) is 5.56 Å². The third kappa shape index (κ3) is 3.56. The standard InChI is InChI=1S/C14H9BrClN3O/c15-10-7-12(13(16)18-8-10)14(20)19-11-3-1-9(2-4-11)5-6-17/h1-4,7-8H,5H2,(H,19,20). The van der Waals surface area contributed by atoms with Gasteiger partial charge in [-0.05, 0) is 39.7 Å². The summed E-state index contributed by atoms with van der Waals surface area (Å²) in [6.07, 6.45) is 1.87. The number of carbonyl (C=O) groups is 1. The lowest BCUT2D eigenvalue weighted by atomic mass is 10.1. The lowest BCUT2D eigenvalue weighted by Crippen LogP contribution is -2.13. The minimum atomic E-state index is -0.336. The fourth-order valence-electron chi connectivity index (χ4n) is 1.58. The second-order valence-electron chi connectivity index (χ2n) is 3.98. The van der Waals surface area contributed by atoms with Crippen LogP contribution in [-0.4, -0.2) is 10.9 Å². The van der Waals surface area contributed by atoms with E-state index in [-0.39, 0.29) is 11.1 Å². The molecule has 2 rings (SSSR count). The number of carbonyl (C=O) groups excluding carboxylic acids is 1. The van der Waals surface area contributed by atoms with Gasteiger partial charge in [-0.15, -0.1) is 0 Å². The summed E-state index contributed by atoms with van der Waals surface area (Å²) < 4.78 is 0.677. The summed E-state index contributed by atoms with van der Waals surface area (Å²) in [5.41, 5.74) is 1.82. The van der Waals surface area contributed by atoms with E-state index in [1.165, 1.54) is 6.20 Å². The lowest BCUT2D eigenvalue weighted by Gasteiger charge is -2.07. The Hall–Kier alpha value is -1.90. The summed E-state index contributed by atoms with van der Waals surface area (Å²) in [5.74, 6) is -0.336. The molecule has 1 aromatic carbocycles. The minimum Gasteiger partial charge on any atom is -0.322 e. The number of rotatable bonds is 3. The molecule has 0 atom stereocenters. The number of amides is 1. The van der Waals surface area contributed by atoms with Crippen LogP contribution in [0.3, 0.4) is 0 Å². The molecule has 1 N–H and O–H groups in total. The SMILES string of the molecule is N#CCc1ccc(NC(=O)c2cc(Br)cnc2Cl)cc1. The van der Waals surface area contributed by atoms with Gasteiger partial charge in [0.15, 0.2) is 0 Å². The van der Waals surface area contributed by atoms with Gasteiger partial charge in [0.2, 0.25) is 0 Å². The van der Waals surface area contributed by atoms with Crippen LogP contribution in [0, 0.1) is 11.3 Å². The van der Waals surface area contributed by atoms with Crippen LogP contribution >= 0.6 is 27.5 Å². The number of nitriles is 1. The third-order valence-electron chi connectivity index (χ3n) is 2.55. The van der Waals surface area contributed by atoms with E-state index in [1.807, 2.05) is 0 Å². The first-order valence-corrected chi connectivity index (χ1v) is 6.85. The fourth-order valence-corrected chi connectivity index (χ4v) is 2.10. The molecule has 20 heavy (non-hydrogen) atoms. The average Bonchev–Trinajstić information content (AvgIpc) is 2.44. The second kappa shape index (κ2) is 6.51. The van der Waals surface area contributed by atoms with E-state index in [9.17, 15) is 4.79 Å². The summed E-state index contributed by atoms with van der Waals surface area (Å²) in [5, 5.41) is 11.5. The van der Waals surface area contributed by atoms with E-state index in [4.69, 9.17) is 16.9 Å². The van der Waals surface area contributed by atoms with Crippen LogP contribution < -0.4 is 5.32 Å². The number of aromatic nitrogens is 1. The maximum absolute atomic E-state index is 12.1. The number of nitrogens with one attached hydrogen (secondary N) is 1. The average molecular weight is 351 g/mol. The minimum absolute atomic E-state index is 0.145. The van der Waals surface area contributed by atoms with Gasteiger partial charge >= 0.3 is 0 Å². The largest absolute Gasteiger partial charge is 0.322 e. The monoisotopic (exact) mass is 349 g/mol. The highest BCUT2D eigenvalue weighted by atomic mass is 79.9. The van der Waals surface area contributed by atoms with Crippen molar-refractivity contribution in [2.24, 2.45) is 0 Å². The third-order valence-corrected chi connectivity index (χ3v) is 3.28. The van der Waals surface area contributed by atoms with E-state index < -0.39 is 0 Å². The van der Waals surface area contributed by atoms with E-state index >= 15 is 0 Å². The Bertz CT molecular complexity index is 680. The topological polar surface area (TPSA) is 65.8 Å². The highest BCUT2D eigenvalue weighted by Gasteiger charge is 2.12. The maximum atomic E-state index is 12.1. The van der Waals surface area contributed by atoms with Crippen molar-refractivity contribution >= 4 is 39.1 Å². The van der Waals surface area contributed by atoms with Gasteiger partial charge in [-0.3, -0.25) is 4.79 Å². The molecule has 0 spiro atoms. The van der Waals surface area contributed by atoms with Gasteiger partial charge in [0.1, 0.15) is 5.15 Å². The molecule has 0 saturated carbocycles. The van der Waals surface area contributed by atoms with Crippen molar-refractivity contribution in [1.82, 2.24) is 4.98 Å². The molecule has 0 bridgehead atoms. The van der Waals surface area contributed by atoms with Gasteiger partial charge in [-0.2, -0.15) is 5.26 Å². The predicted molar refractivity (Wildman–Crippen MR) is 80.7 cm³/mol. The highest BCUT2D eigenvalue weighted by molar-refractivity contribution is 9.10. The van der Waals surface area contributed by atoms with Gasteiger partial charge < -0.3 is 5.32 Å². The van der Waals surface area contributed by atoms with E-state index in [2.05, 4.69) is 32.3 Å². The zero-order valence-corrected chi connectivity index (χ0v) is 12.6. The van der Waals surface area contributed by atoms with Crippen molar-refractivity contribution in [3.05, 3.63) is 57.3 Å². The first-order valence-electron chi connectivity index (χ1n) is 5.68. The van der Waals surface area contributed by atoms with E-state index in [1.54, 1.807) is 30.3 Å². The lowest BCUT2D eigenvalue weighted by molar-refractivity contribution is 0.102. The molecule has 0 radical (unpaired) electrons. The van der Waals surface area contributed by atoms with Crippen LogP contribution in [0.25, 0.3) is 0 Å². The zero-order chi connectivity index (χ0) is 14.5. The van der Waals surface area contributed by atoms with Crippen LogP contribution in [0.2, 0.25) is 5.15 Å². The Labute approximate surface area is 129 Å². The Balaban J connectivity index is 2.15. The van der Waals surface area contributed by atoms with Crippen LogP contribution in [-0.2, 0) is 6.42 Å². The van der Waals surface area contributed by atoms with E-state index in [0.29, 0.717) is 22.1 Å². The van der Waals surface area contributed by atoms with Crippen molar-refractivity contribution in [2.45, 2.75) is 6.42 Å². The van der Waals surface area contributed by atoms with Crippen molar-refractivity contribution in [2.75, 3.05) is 5.32 Å². The molecule has 0 saturated heterocycles. The molecule has 0 unspecified atom stereocenters. The Kier molecular flexibility index (Phi) is 4.72. The number of halogens is 2. The predicted octanol–water partition coefficient (Wildman–Crippen LogP) is 3.82. The fraction of sp³-hybridized carbons (Fsp3) is 0.0714. The normalized spacial score (nSPS) is 9.85. The summed E-state index contributed by atoms with van der Waals surface area (Å²) in [4.78, 5) is 16.0. The van der Waals surface area contributed by atoms with Crippen LogP contribution in [0.5, 0.6) is 0 Å². The molecular formula is C14H9BrClN3O. The Morgan fingerprint density at radius 1 is 1.40 bits per heavy atom. The van der Waals surface area contributed by atoms with Gasteiger partial charge in [0, 0.05) is 16.4 Å². The first kappa shape index (κ1) is 14.5.